The minimum absolute atomic E-state index is 0.265. The number of carbonyl (C=O) groups excluding carboxylic acids is 1. The highest BCUT2D eigenvalue weighted by atomic mass is 35.5. The van der Waals surface area contributed by atoms with Crippen molar-refractivity contribution < 1.29 is 9.53 Å². The van der Waals surface area contributed by atoms with Crippen molar-refractivity contribution in [2.24, 2.45) is 0 Å². The topological polar surface area (TPSA) is 51.2 Å². The van der Waals surface area contributed by atoms with Gasteiger partial charge in [-0.05, 0) is 36.5 Å². The van der Waals surface area contributed by atoms with Gasteiger partial charge in [-0.25, -0.2) is 9.78 Å². The number of aromatic nitrogens is 1. The second kappa shape index (κ2) is 6.36. The zero-order valence-corrected chi connectivity index (χ0v) is 12.8. The summed E-state index contributed by atoms with van der Waals surface area (Å²) in [5.41, 5.74) is 1.57. The van der Waals surface area contributed by atoms with Crippen molar-refractivity contribution in [3.63, 3.8) is 0 Å². The Morgan fingerprint density at radius 3 is 2.59 bits per heavy atom. The Kier molecular flexibility index (Phi) is 4.29. The highest BCUT2D eigenvalue weighted by molar-refractivity contribution is 6.29. The fourth-order valence-corrected chi connectivity index (χ4v) is 2.74. The summed E-state index contributed by atoms with van der Waals surface area (Å²) in [7, 11) is 0. The van der Waals surface area contributed by atoms with Crippen LogP contribution in [0.3, 0.4) is 0 Å². The number of nitrogens with one attached hydrogen (secondary N) is 1. The van der Waals surface area contributed by atoms with Gasteiger partial charge >= 0.3 is 6.09 Å². The number of pyridine rings is 1. The van der Waals surface area contributed by atoms with Gasteiger partial charge in [-0.3, -0.25) is 0 Å². The predicted octanol–water partition coefficient (Wildman–Crippen LogP) is 4.04. The Morgan fingerprint density at radius 1 is 1.23 bits per heavy atom. The summed E-state index contributed by atoms with van der Waals surface area (Å²) in [5, 5.41) is 3.44. The first-order chi connectivity index (χ1) is 10.7. The van der Waals surface area contributed by atoms with Crippen molar-refractivity contribution in [2.45, 2.75) is 31.4 Å². The molecule has 0 saturated heterocycles. The van der Waals surface area contributed by atoms with Crippen molar-refractivity contribution in [2.75, 3.05) is 0 Å². The standard InChI is InChI=1S/C17H17ClN2O2/c18-15-8-7-14(11-19-15)17(9-4-10-17)20-16(21)22-12-13-5-2-1-3-6-13/h1-3,5-8,11H,4,9-10,12H2,(H,20,21). The molecule has 22 heavy (non-hydrogen) atoms. The highest BCUT2D eigenvalue weighted by Gasteiger charge is 2.40. The molecule has 5 heteroatoms. The van der Waals surface area contributed by atoms with Crippen LogP contribution in [-0.2, 0) is 16.9 Å². The van der Waals surface area contributed by atoms with E-state index in [0.717, 1.165) is 30.4 Å². The molecule has 1 fully saturated rings. The molecule has 0 bridgehead atoms. The molecule has 1 aromatic heterocycles. The van der Waals surface area contributed by atoms with E-state index in [0.29, 0.717) is 5.15 Å². The largest absolute Gasteiger partial charge is 0.445 e. The summed E-state index contributed by atoms with van der Waals surface area (Å²) < 4.78 is 5.31. The quantitative estimate of drug-likeness (QED) is 0.866. The molecule has 1 heterocycles. The number of ether oxygens (including phenoxy) is 1. The second-order valence-electron chi connectivity index (χ2n) is 5.49. The van der Waals surface area contributed by atoms with Gasteiger partial charge in [0, 0.05) is 6.20 Å². The third-order valence-electron chi connectivity index (χ3n) is 4.04. The van der Waals surface area contributed by atoms with Crippen LogP contribution in [0.25, 0.3) is 0 Å². The van der Waals surface area contributed by atoms with Crippen LogP contribution in [0.4, 0.5) is 4.79 Å². The van der Waals surface area contributed by atoms with Gasteiger partial charge in [-0.1, -0.05) is 48.0 Å². The molecule has 0 spiro atoms. The average Bonchev–Trinajstić information content (AvgIpc) is 2.51. The highest BCUT2D eigenvalue weighted by Crippen LogP contribution is 2.41. The smallest absolute Gasteiger partial charge is 0.408 e. The number of amides is 1. The Morgan fingerprint density at radius 2 is 2.00 bits per heavy atom. The van der Waals surface area contributed by atoms with Gasteiger partial charge in [0.25, 0.3) is 0 Å². The van der Waals surface area contributed by atoms with E-state index >= 15 is 0 Å². The number of benzene rings is 1. The first-order valence-corrected chi connectivity index (χ1v) is 7.67. The Bertz CT molecular complexity index is 639. The molecular weight excluding hydrogens is 300 g/mol. The lowest BCUT2D eigenvalue weighted by Crippen LogP contribution is -2.51. The zero-order chi connectivity index (χ0) is 15.4. The number of halogens is 1. The maximum absolute atomic E-state index is 12.1. The van der Waals surface area contributed by atoms with Crippen molar-refractivity contribution in [3.8, 4) is 0 Å². The fraction of sp³-hybridized carbons (Fsp3) is 0.294. The number of hydrogen-bond donors (Lipinski definition) is 1. The Balaban J connectivity index is 1.62. The van der Waals surface area contributed by atoms with Gasteiger partial charge in [0.05, 0.1) is 5.54 Å². The van der Waals surface area contributed by atoms with Gasteiger partial charge in [-0.15, -0.1) is 0 Å². The van der Waals surface area contributed by atoms with Crippen LogP contribution in [0.2, 0.25) is 5.15 Å². The monoisotopic (exact) mass is 316 g/mol. The molecule has 114 valence electrons. The summed E-state index contributed by atoms with van der Waals surface area (Å²) in [6.07, 6.45) is 4.16. The van der Waals surface area contributed by atoms with Gasteiger partial charge in [-0.2, -0.15) is 0 Å². The van der Waals surface area contributed by atoms with E-state index in [2.05, 4.69) is 10.3 Å². The molecule has 1 amide bonds. The lowest BCUT2D eigenvalue weighted by atomic mass is 9.72. The van der Waals surface area contributed by atoms with Crippen LogP contribution in [-0.4, -0.2) is 11.1 Å². The molecule has 1 saturated carbocycles. The Hall–Kier alpha value is -2.07. The minimum atomic E-state index is -0.404. The van der Waals surface area contributed by atoms with Crippen LogP contribution in [0.5, 0.6) is 0 Å². The summed E-state index contributed by atoms with van der Waals surface area (Å²) in [6.45, 7) is 0.265. The first kappa shape index (κ1) is 14.9. The molecule has 4 nitrogen and oxygen atoms in total. The van der Waals surface area contributed by atoms with E-state index in [-0.39, 0.29) is 12.1 Å². The minimum Gasteiger partial charge on any atom is -0.445 e. The number of rotatable bonds is 4. The normalized spacial score (nSPS) is 15.7. The summed E-state index contributed by atoms with van der Waals surface area (Å²) >= 11 is 5.82. The number of nitrogens with zero attached hydrogens (tertiary/aromatic N) is 1. The predicted molar refractivity (Wildman–Crippen MR) is 84.5 cm³/mol. The van der Waals surface area contributed by atoms with Crippen molar-refractivity contribution in [3.05, 3.63) is 64.9 Å². The van der Waals surface area contributed by atoms with Gasteiger partial charge in [0.1, 0.15) is 11.8 Å². The number of alkyl carbamates (subject to hydrolysis) is 1. The summed E-state index contributed by atoms with van der Waals surface area (Å²) in [4.78, 5) is 16.2. The molecule has 2 aromatic rings. The van der Waals surface area contributed by atoms with E-state index in [9.17, 15) is 4.79 Å². The van der Waals surface area contributed by atoms with Crippen LogP contribution in [0, 0.1) is 0 Å². The van der Waals surface area contributed by atoms with Crippen LogP contribution in [0.1, 0.15) is 30.4 Å². The number of carbonyl (C=O) groups is 1. The van der Waals surface area contributed by atoms with Crippen molar-refractivity contribution in [1.82, 2.24) is 10.3 Å². The maximum atomic E-state index is 12.1. The molecule has 0 radical (unpaired) electrons. The van der Waals surface area contributed by atoms with Gasteiger partial charge in [0.2, 0.25) is 0 Å². The lowest BCUT2D eigenvalue weighted by molar-refractivity contribution is 0.106. The molecule has 1 aliphatic rings. The molecule has 1 N–H and O–H groups in total. The first-order valence-electron chi connectivity index (χ1n) is 7.29. The maximum Gasteiger partial charge on any atom is 0.408 e. The van der Waals surface area contributed by atoms with E-state index in [1.54, 1.807) is 12.3 Å². The SMILES string of the molecule is O=C(NC1(c2ccc(Cl)nc2)CCC1)OCc1ccccc1. The molecule has 0 atom stereocenters. The molecule has 1 aromatic carbocycles. The third-order valence-corrected chi connectivity index (χ3v) is 4.26. The molecule has 3 rings (SSSR count). The lowest BCUT2D eigenvalue weighted by Gasteiger charge is -2.42. The fourth-order valence-electron chi connectivity index (χ4n) is 2.63. The van der Waals surface area contributed by atoms with Crippen LogP contribution >= 0.6 is 11.6 Å². The average molecular weight is 317 g/mol. The molecule has 0 unspecified atom stereocenters. The molecule has 1 aliphatic carbocycles. The van der Waals surface area contributed by atoms with E-state index in [1.807, 2.05) is 36.4 Å². The van der Waals surface area contributed by atoms with Gasteiger partial charge in [0.15, 0.2) is 0 Å². The number of hydrogen-bond acceptors (Lipinski definition) is 3. The zero-order valence-electron chi connectivity index (χ0n) is 12.1. The van der Waals surface area contributed by atoms with E-state index in [4.69, 9.17) is 16.3 Å². The van der Waals surface area contributed by atoms with Gasteiger partial charge < -0.3 is 10.1 Å². The second-order valence-corrected chi connectivity index (χ2v) is 5.88. The Labute approximate surface area is 134 Å². The van der Waals surface area contributed by atoms with Crippen molar-refractivity contribution >= 4 is 17.7 Å². The van der Waals surface area contributed by atoms with E-state index < -0.39 is 6.09 Å². The molecule has 0 aliphatic heterocycles. The summed E-state index contributed by atoms with van der Waals surface area (Å²) in [6, 6.07) is 13.3. The molecular formula is C17H17ClN2O2. The van der Waals surface area contributed by atoms with E-state index in [1.165, 1.54) is 0 Å². The third kappa shape index (κ3) is 3.22. The van der Waals surface area contributed by atoms with Crippen LogP contribution < -0.4 is 5.32 Å². The van der Waals surface area contributed by atoms with Crippen LogP contribution in [0.15, 0.2) is 48.7 Å². The van der Waals surface area contributed by atoms with Crippen molar-refractivity contribution in [1.29, 1.82) is 0 Å². The summed E-state index contributed by atoms with van der Waals surface area (Å²) in [5.74, 6) is 0.